The van der Waals surface area contributed by atoms with Gasteiger partial charge < -0.3 is 24.6 Å². The normalized spacial score (nSPS) is 11.6. The first-order chi connectivity index (χ1) is 13.2. The number of aromatic nitrogens is 2. The van der Waals surface area contributed by atoms with Gasteiger partial charge in [-0.1, -0.05) is 28.9 Å². The molecule has 0 saturated carbocycles. The van der Waals surface area contributed by atoms with E-state index >= 15 is 0 Å². The summed E-state index contributed by atoms with van der Waals surface area (Å²) in [6, 6.07) is 7.36. The van der Waals surface area contributed by atoms with Crippen molar-refractivity contribution in [3.63, 3.8) is 0 Å². The smallest absolute Gasteiger partial charge is 0.228 e. The third-order valence-electron chi connectivity index (χ3n) is 3.60. The molecule has 27 heavy (non-hydrogen) atoms. The van der Waals surface area contributed by atoms with Crippen LogP contribution in [0, 0.1) is 0 Å². The Labute approximate surface area is 164 Å². The Bertz CT molecular complexity index is 708. The van der Waals surface area contributed by atoms with Crippen molar-refractivity contribution in [1.29, 1.82) is 0 Å². The second kappa shape index (κ2) is 12.3. The van der Waals surface area contributed by atoms with Crippen molar-refractivity contribution >= 4 is 17.6 Å². The molecule has 0 bridgehead atoms. The van der Waals surface area contributed by atoms with Crippen molar-refractivity contribution in [2.45, 2.75) is 12.8 Å². The van der Waals surface area contributed by atoms with Gasteiger partial charge >= 0.3 is 0 Å². The van der Waals surface area contributed by atoms with Crippen LogP contribution in [-0.4, -0.2) is 63.2 Å². The highest BCUT2D eigenvalue weighted by Gasteiger charge is 2.09. The molecular formula is C18H26ClN5O3. The Morgan fingerprint density at radius 3 is 2.85 bits per heavy atom. The number of rotatable bonds is 11. The summed E-state index contributed by atoms with van der Waals surface area (Å²) in [5.74, 6) is 1.81. The number of hydrogen-bond donors (Lipinski definition) is 2. The summed E-state index contributed by atoms with van der Waals surface area (Å²) in [5.41, 5.74) is 0.829. The van der Waals surface area contributed by atoms with Crippen molar-refractivity contribution in [2.75, 3.05) is 47.1 Å². The third-order valence-corrected chi connectivity index (χ3v) is 3.83. The Morgan fingerprint density at radius 1 is 1.22 bits per heavy atom. The lowest BCUT2D eigenvalue weighted by Gasteiger charge is -2.11. The zero-order valence-electron chi connectivity index (χ0n) is 15.7. The van der Waals surface area contributed by atoms with Gasteiger partial charge in [-0.2, -0.15) is 4.98 Å². The maximum absolute atomic E-state index is 5.99. The summed E-state index contributed by atoms with van der Waals surface area (Å²) in [6.07, 6.45) is 1.48. The largest absolute Gasteiger partial charge is 0.382 e. The molecule has 2 N–H and O–H groups in total. The Hall–Kier alpha value is -2.16. The molecule has 2 rings (SSSR count). The quantitative estimate of drug-likeness (QED) is 0.342. The van der Waals surface area contributed by atoms with Crippen LogP contribution in [0.4, 0.5) is 0 Å². The first-order valence-electron chi connectivity index (χ1n) is 8.82. The highest BCUT2D eigenvalue weighted by atomic mass is 35.5. The van der Waals surface area contributed by atoms with E-state index in [2.05, 4.69) is 25.8 Å². The van der Waals surface area contributed by atoms with Gasteiger partial charge in [-0.15, -0.1) is 0 Å². The van der Waals surface area contributed by atoms with Gasteiger partial charge in [0, 0.05) is 50.9 Å². The van der Waals surface area contributed by atoms with Crippen LogP contribution in [0.1, 0.15) is 12.3 Å². The predicted octanol–water partition coefficient (Wildman–Crippen LogP) is 2.15. The second-order valence-corrected chi connectivity index (χ2v) is 6.09. The molecule has 0 aliphatic carbocycles. The number of hydrogen-bond acceptors (Lipinski definition) is 6. The summed E-state index contributed by atoms with van der Waals surface area (Å²) in [6.45, 7) is 3.31. The first-order valence-corrected chi connectivity index (χ1v) is 9.20. The molecule has 0 saturated heterocycles. The lowest BCUT2D eigenvalue weighted by Crippen LogP contribution is -2.39. The molecule has 0 fully saturated rings. The van der Waals surface area contributed by atoms with E-state index < -0.39 is 0 Å². The molecule has 8 nitrogen and oxygen atoms in total. The van der Waals surface area contributed by atoms with Crippen molar-refractivity contribution in [2.24, 2.45) is 4.99 Å². The van der Waals surface area contributed by atoms with Crippen LogP contribution in [0.25, 0.3) is 11.4 Å². The number of guanidine groups is 1. The number of nitrogens with zero attached hydrogens (tertiary/aromatic N) is 3. The van der Waals surface area contributed by atoms with E-state index in [0.29, 0.717) is 49.5 Å². The second-order valence-electron chi connectivity index (χ2n) is 5.66. The predicted molar refractivity (Wildman–Crippen MR) is 105 cm³/mol. The van der Waals surface area contributed by atoms with Gasteiger partial charge in [-0.3, -0.25) is 4.99 Å². The first kappa shape index (κ1) is 21.1. The van der Waals surface area contributed by atoms with E-state index in [4.69, 9.17) is 25.6 Å². The molecule has 2 aromatic rings. The van der Waals surface area contributed by atoms with Crippen LogP contribution in [0.15, 0.2) is 33.8 Å². The molecule has 0 amide bonds. The molecule has 1 aromatic heterocycles. The van der Waals surface area contributed by atoms with E-state index in [1.165, 1.54) is 0 Å². The Balaban J connectivity index is 1.66. The average Bonchev–Trinajstić information content (AvgIpc) is 3.15. The fourth-order valence-corrected chi connectivity index (χ4v) is 2.43. The highest BCUT2D eigenvalue weighted by molar-refractivity contribution is 6.30. The maximum Gasteiger partial charge on any atom is 0.228 e. The SMILES string of the molecule is CN=C(NCCCOCCOC)NCCc1nc(-c2cccc(Cl)c2)no1. The minimum Gasteiger partial charge on any atom is -0.382 e. The van der Waals surface area contributed by atoms with Crippen molar-refractivity contribution in [1.82, 2.24) is 20.8 Å². The van der Waals surface area contributed by atoms with Crippen LogP contribution >= 0.6 is 11.6 Å². The summed E-state index contributed by atoms with van der Waals surface area (Å²) >= 11 is 5.99. The number of halogens is 1. The molecule has 1 aromatic carbocycles. The van der Waals surface area contributed by atoms with Crippen LogP contribution in [0.3, 0.4) is 0 Å². The lowest BCUT2D eigenvalue weighted by atomic mass is 10.2. The fourth-order valence-electron chi connectivity index (χ4n) is 2.24. The van der Waals surface area contributed by atoms with Gasteiger partial charge in [-0.25, -0.2) is 0 Å². The highest BCUT2D eigenvalue weighted by Crippen LogP contribution is 2.19. The summed E-state index contributed by atoms with van der Waals surface area (Å²) in [7, 11) is 3.39. The molecule has 0 unspecified atom stereocenters. The van der Waals surface area contributed by atoms with E-state index in [9.17, 15) is 0 Å². The van der Waals surface area contributed by atoms with Gasteiger partial charge in [0.2, 0.25) is 11.7 Å². The Morgan fingerprint density at radius 2 is 2.07 bits per heavy atom. The number of aliphatic imine (C=N–C) groups is 1. The molecule has 0 radical (unpaired) electrons. The molecule has 1 heterocycles. The number of nitrogens with one attached hydrogen (secondary N) is 2. The molecule has 0 spiro atoms. The minimum absolute atomic E-state index is 0.531. The Kier molecular flexibility index (Phi) is 9.61. The fraction of sp³-hybridized carbons (Fsp3) is 0.500. The molecule has 0 atom stereocenters. The van der Waals surface area contributed by atoms with E-state index in [0.717, 1.165) is 24.5 Å². The molecule has 0 aliphatic heterocycles. The van der Waals surface area contributed by atoms with Gasteiger partial charge in [0.15, 0.2) is 5.96 Å². The standard InChI is InChI=1S/C18H26ClN5O3/c1-20-18(21-8-4-10-26-12-11-25-2)22-9-7-16-23-17(24-27-16)14-5-3-6-15(19)13-14/h3,5-6,13H,4,7-12H2,1-2H3,(H2,20,21,22). The molecular weight excluding hydrogens is 370 g/mol. The van der Waals surface area contributed by atoms with E-state index in [1.807, 2.05) is 12.1 Å². The van der Waals surface area contributed by atoms with Crippen molar-refractivity contribution in [3.8, 4) is 11.4 Å². The maximum atomic E-state index is 5.99. The van der Waals surface area contributed by atoms with Gasteiger partial charge in [0.25, 0.3) is 0 Å². The van der Waals surface area contributed by atoms with Gasteiger partial charge in [-0.05, 0) is 18.6 Å². The molecule has 148 valence electrons. The minimum atomic E-state index is 0.531. The van der Waals surface area contributed by atoms with Crippen LogP contribution in [0.5, 0.6) is 0 Å². The summed E-state index contributed by atoms with van der Waals surface area (Å²) in [4.78, 5) is 8.57. The van der Waals surface area contributed by atoms with Crippen molar-refractivity contribution in [3.05, 3.63) is 35.2 Å². The topological polar surface area (TPSA) is 93.8 Å². The number of benzene rings is 1. The van der Waals surface area contributed by atoms with Crippen LogP contribution in [-0.2, 0) is 15.9 Å². The zero-order chi connectivity index (χ0) is 19.3. The average molecular weight is 396 g/mol. The number of methoxy groups -OCH3 is 1. The molecule has 0 aliphatic rings. The lowest BCUT2D eigenvalue weighted by molar-refractivity contribution is 0.0698. The molecule has 9 heteroatoms. The zero-order valence-corrected chi connectivity index (χ0v) is 16.5. The van der Waals surface area contributed by atoms with Crippen molar-refractivity contribution < 1.29 is 14.0 Å². The number of ether oxygens (including phenoxy) is 2. The van der Waals surface area contributed by atoms with E-state index in [1.54, 1.807) is 26.3 Å². The van der Waals surface area contributed by atoms with Gasteiger partial charge in [0.05, 0.1) is 13.2 Å². The summed E-state index contributed by atoms with van der Waals surface area (Å²) in [5, 5.41) is 11.1. The van der Waals surface area contributed by atoms with Crippen LogP contribution in [0.2, 0.25) is 5.02 Å². The van der Waals surface area contributed by atoms with E-state index in [-0.39, 0.29) is 0 Å². The van der Waals surface area contributed by atoms with Gasteiger partial charge in [0.1, 0.15) is 0 Å². The summed E-state index contributed by atoms with van der Waals surface area (Å²) < 4.78 is 15.6. The van der Waals surface area contributed by atoms with Crippen LogP contribution < -0.4 is 10.6 Å². The third kappa shape index (κ3) is 7.94. The monoisotopic (exact) mass is 395 g/mol.